The van der Waals surface area contributed by atoms with Crippen LogP contribution in [-0.2, 0) is 16.6 Å². The molecule has 0 saturated heterocycles. The SMILES string of the molecule is CN(Cc1csc(Br)c1)c1cc(S(N)(=O)=O)ccc1N. The number of nitrogens with zero attached hydrogens (tertiary/aromatic N) is 1. The molecular formula is C12H14BrN3O2S2. The first-order valence-corrected chi connectivity index (χ1v) is 8.85. The van der Waals surface area contributed by atoms with Gasteiger partial charge in [0.2, 0.25) is 10.0 Å². The maximum Gasteiger partial charge on any atom is 0.238 e. The Balaban J connectivity index is 2.31. The molecule has 0 spiro atoms. The Bertz CT molecular complexity index is 728. The summed E-state index contributed by atoms with van der Waals surface area (Å²) in [5, 5.41) is 7.17. The molecule has 0 radical (unpaired) electrons. The van der Waals surface area contributed by atoms with Gasteiger partial charge in [-0.15, -0.1) is 11.3 Å². The van der Waals surface area contributed by atoms with Gasteiger partial charge in [-0.25, -0.2) is 13.6 Å². The molecule has 0 atom stereocenters. The van der Waals surface area contributed by atoms with E-state index in [0.717, 1.165) is 9.35 Å². The van der Waals surface area contributed by atoms with Gasteiger partial charge in [0.25, 0.3) is 0 Å². The lowest BCUT2D eigenvalue weighted by Crippen LogP contribution is -2.19. The summed E-state index contributed by atoms with van der Waals surface area (Å²) in [6.45, 7) is 0.625. The first-order chi connectivity index (χ1) is 9.27. The highest BCUT2D eigenvalue weighted by molar-refractivity contribution is 9.11. The fourth-order valence-corrected chi connectivity index (χ4v) is 3.55. The van der Waals surface area contributed by atoms with Crippen molar-refractivity contribution in [3.63, 3.8) is 0 Å². The molecule has 5 nitrogen and oxygen atoms in total. The van der Waals surface area contributed by atoms with Crippen LogP contribution in [-0.4, -0.2) is 15.5 Å². The first-order valence-electron chi connectivity index (χ1n) is 5.64. The number of nitrogen functional groups attached to an aromatic ring is 1. The molecule has 108 valence electrons. The van der Waals surface area contributed by atoms with Crippen LogP contribution in [0.5, 0.6) is 0 Å². The molecule has 1 heterocycles. The van der Waals surface area contributed by atoms with Crippen molar-refractivity contribution in [2.24, 2.45) is 5.14 Å². The zero-order valence-electron chi connectivity index (χ0n) is 10.7. The number of benzene rings is 1. The molecule has 0 fully saturated rings. The standard InChI is InChI=1S/C12H14BrN3O2S2/c1-16(6-8-4-12(13)19-7-8)11-5-9(20(15,17)18)2-3-10(11)14/h2-5,7H,6,14H2,1H3,(H2,15,17,18). The zero-order valence-corrected chi connectivity index (χ0v) is 13.9. The molecule has 4 N–H and O–H groups in total. The average molecular weight is 376 g/mol. The van der Waals surface area contributed by atoms with Crippen molar-refractivity contribution >= 4 is 48.7 Å². The number of rotatable bonds is 4. The Hall–Kier alpha value is -1.09. The second-order valence-corrected chi connectivity index (χ2v) is 8.23. The van der Waals surface area contributed by atoms with E-state index < -0.39 is 10.0 Å². The topological polar surface area (TPSA) is 89.4 Å². The molecule has 2 rings (SSSR count). The number of nitrogens with two attached hydrogens (primary N) is 2. The molecule has 0 aliphatic heterocycles. The predicted octanol–water partition coefficient (Wildman–Crippen LogP) is 2.38. The molecule has 0 saturated carbocycles. The summed E-state index contributed by atoms with van der Waals surface area (Å²) in [5.41, 5.74) is 8.17. The largest absolute Gasteiger partial charge is 0.397 e. The van der Waals surface area contributed by atoms with Gasteiger partial charge < -0.3 is 10.6 Å². The van der Waals surface area contributed by atoms with Crippen molar-refractivity contribution in [1.82, 2.24) is 0 Å². The quantitative estimate of drug-likeness (QED) is 0.802. The summed E-state index contributed by atoms with van der Waals surface area (Å²) in [6, 6.07) is 6.46. The van der Waals surface area contributed by atoms with Crippen molar-refractivity contribution in [3.05, 3.63) is 39.0 Å². The Morgan fingerprint density at radius 3 is 2.60 bits per heavy atom. The third-order valence-electron chi connectivity index (χ3n) is 2.78. The van der Waals surface area contributed by atoms with Crippen LogP contribution in [0.1, 0.15) is 5.56 Å². The highest BCUT2D eigenvalue weighted by atomic mass is 79.9. The smallest absolute Gasteiger partial charge is 0.238 e. The lowest BCUT2D eigenvalue weighted by molar-refractivity contribution is 0.598. The number of thiophene rings is 1. The maximum absolute atomic E-state index is 11.4. The highest BCUT2D eigenvalue weighted by Crippen LogP contribution is 2.28. The monoisotopic (exact) mass is 375 g/mol. The minimum atomic E-state index is -3.73. The molecular weight excluding hydrogens is 362 g/mol. The molecule has 8 heteroatoms. The van der Waals surface area contributed by atoms with E-state index in [4.69, 9.17) is 10.9 Å². The van der Waals surface area contributed by atoms with Crippen LogP contribution in [0.15, 0.2) is 38.3 Å². The van der Waals surface area contributed by atoms with Crippen molar-refractivity contribution in [2.45, 2.75) is 11.4 Å². The second kappa shape index (κ2) is 5.72. The molecule has 0 aliphatic rings. The summed E-state index contributed by atoms with van der Waals surface area (Å²) >= 11 is 5.01. The zero-order chi connectivity index (χ0) is 14.9. The van der Waals surface area contributed by atoms with Crippen LogP contribution < -0.4 is 15.8 Å². The number of halogens is 1. The van der Waals surface area contributed by atoms with Gasteiger partial charge in [0.15, 0.2) is 0 Å². The first kappa shape index (κ1) is 15.3. The summed E-state index contributed by atoms with van der Waals surface area (Å²) in [5.74, 6) is 0. The van der Waals surface area contributed by atoms with Crippen LogP contribution in [0.2, 0.25) is 0 Å². The highest BCUT2D eigenvalue weighted by Gasteiger charge is 2.13. The van der Waals surface area contributed by atoms with Gasteiger partial charge in [0, 0.05) is 13.6 Å². The summed E-state index contributed by atoms with van der Waals surface area (Å²) in [7, 11) is -1.88. The van der Waals surface area contributed by atoms with Crippen LogP contribution in [0.4, 0.5) is 11.4 Å². The number of hydrogen-bond acceptors (Lipinski definition) is 5. The van der Waals surface area contributed by atoms with Gasteiger partial charge >= 0.3 is 0 Å². The Morgan fingerprint density at radius 1 is 1.35 bits per heavy atom. The molecule has 0 unspecified atom stereocenters. The van der Waals surface area contributed by atoms with E-state index >= 15 is 0 Å². The van der Waals surface area contributed by atoms with Gasteiger partial charge in [0.05, 0.1) is 20.1 Å². The van der Waals surface area contributed by atoms with Gasteiger partial charge in [-0.2, -0.15) is 0 Å². The Kier molecular flexibility index (Phi) is 4.38. The summed E-state index contributed by atoms with van der Waals surface area (Å²) in [6.07, 6.45) is 0. The van der Waals surface area contributed by atoms with E-state index in [1.165, 1.54) is 12.1 Å². The number of sulfonamides is 1. The number of anilines is 2. The summed E-state index contributed by atoms with van der Waals surface area (Å²) in [4.78, 5) is 1.94. The van der Waals surface area contributed by atoms with E-state index in [9.17, 15) is 8.42 Å². The van der Waals surface area contributed by atoms with Crippen molar-refractivity contribution in [2.75, 3.05) is 17.7 Å². The minimum Gasteiger partial charge on any atom is -0.397 e. The van der Waals surface area contributed by atoms with E-state index in [0.29, 0.717) is 17.9 Å². The molecule has 1 aromatic heterocycles. The fourth-order valence-electron chi connectivity index (χ4n) is 1.82. The lowest BCUT2D eigenvalue weighted by atomic mass is 10.2. The predicted molar refractivity (Wildman–Crippen MR) is 86.4 cm³/mol. The van der Waals surface area contributed by atoms with Gasteiger partial charge in [-0.05, 0) is 51.1 Å². The normalized spacial score (nSPS) is 11.6. The molecule has 2 aromatic rings. The molecule has 1 aromatic carbocycles. The van der Waals surface area contributed by atoms with Crippen LogP contribution >= 0.6 is 27.3 Å². The average Bonchev–Trinajstić information content (AvgIpc) is 2.73. The van der Waals surface area contributed by atoms with Crippen molar-refractivity contribution < 1.29 is 8.42 Å². The Morgan fingerprint density at radius 2 is 2.05 bits per heavy atom. The molecule has 0 aliphatic carbocycles. The maximum atomic E-state index is 11.4. The molecule has 0 amide bonds. The van der Waals surface area contributed by atoms with Gasteiger partial charge in [-0.1, -0.05) is 0 Å². The van der Waals surface area contributed by atoms with E-state index in [-0.39, 0.29) is 4.90 Å². The third-order valence-corrected chi connectivity index (χ3v) is 5.25. The van der Waals surface area contributed by atoms with Gasteiger partial charge in [-0.3, -0.25) is 0 Å². The van der Waals surface area contributed by atoms with E-state index in [2.05, 4.69) is 15.9 Å². The van der Waals surface area contributed by atoms with Crippen LogP contribution in [0.3, 0.4) is 0 Å². The second-order valence-electron chi connectivity index (χ2n) is 4.38. The number of hydrogen-bond donors (Lipinski definition) is 2. The molecule has 0 bridgehead atoms. The summed E-state index contributed by atoms with van der Waals surface area (Å²) < 4.78 is 23.8. The lowest BCUT2D eigenvalue weighted by Gasteiger charge is -2.21. The third kappa shape index (κ3) is 3.51. The van der Waals surface area contributed by atoms with Gasteiger partial charge in [0.1, 0.15) is 0 Å². The van der Waals surface area contributed by atoms with Crippen molar-refractivity contribution in [1.29, 1.82) is 0 Å². The van der Waals surface area contributed by atoms with E-state index in [1.54, 1.807) is 17.4 Å². The fraction of sp³-hybridized carbons (Fsp3) is 0.167. The number of primary sulfonamides is 1. The minimum absolute atomic E-state index is 0.0556. The van der Waals surface area contributed by atoms with Crippen LogP contribution in [0.25, 0.3) is 0 Å². The van der Waals surface area contributed by atoms with Crippen LogP contribution in [0, 0.1) is 0 Å². The molecule has 20 heavy (non-hydrogen) atoms. The van der Waals surface area contributed by atoms with Crippen molar-refractivity contribution in [3.8, 4) is 0 Å². The Labute approximate surface area is 130 Å². The van der Waals surface area contributed by atoms with E-state index in [1.807, 2.05) is 23.4 Å².